The van der Waals surface area contributed by atoms with Crippen molar-refractivity contribution in [3.8, 4) is 0 Å². The van der Waals surface area contributed by atoms with Crippen molar-refractivity contribution in [1.82, 2.24) is 14.9 Å². The Balaban J connectivity index is 1.70. The molecule has 1 unspecified atom stereocenters. The van der Waals surface area contributed by atoms with Crippen molar-refractivity contribution in [3.63, 3.8) is 0 Å². The number of nitrogens with one attached hydrogen (secondary N) is 2. The zero-order valence-electron chi connectivity index (χ0n) is 19.7. The van der Waals surface area contributed by atoms with Crippen molar-refractivity contribution < 1.29 is 17.9 Å². The first-order valence-electron chi connectivity index (χ1n) is 11.4. The summed E-state index contributed by atoms with van der Waals surface area (Å²) in [5, 5.41) is 2.91. The molecule has 1 atom stereocenters. The third kappa shape index (κ3) is 7.64. The van der Waals surface area contributed by atoms with E-state index in [9.17, 15) is 13.2 Å². The lowest BCUT2D eigenvalue weighted by Crippen LogP contribution is -2.49. The molecule has 2 aromatic rings. The Kier molecular flexibility index (Phi) is 8.64. The van der Waals surface area contributed by atoms with Crippen molar-refractivity contribution in [3.05, 3.63) is 65.7 Å². The third-order valence-electron chi connectivity index (χ3n) is 5.76. The number of sulfonamides is 1. The molecule has 1 aliphatic rings. The molecule has 33 heavy (non-hydrogen) atoms. The fourth-order valence-electron chi connectivity index (χ4n) is 3.71. The van der Waals surface area contributed by atoms with Gasteiger partial charge in [0.1, 0.15) is 6.04 Å². The number of ether oxygens (including phenoxy) is 1. The minimum Gasteiger partial charge on any atom is -0.379 e. The Bertz CT molecular complexity index is 996. The van der Waals surface area contributed by atoms with Crippen molar-refractivity contribution in [1.29, 1.82) is 0 Å². The first-order chi connectivity index (χ1) is 15.6. The van der Waals surface area contributed by atoms with Gasteiger partial charge in [-0.25, -0.2) is 8.42 Å². The Morgan fingerprint density at radius 1 is 1.03 bits per heavy atom. The number of carbonyl (C=O) groups is 1. The van der Waals surface area contributed by atoms with Crippen LogP contribution in [0.2, 0.25) is 0 Å². The Morgan fingerprint density at radius 2 is 1.67 bits per heavy atom. The number of amides is 1. The molecule has 2 N–H and O–H groups in total. The number of hydrogen-bond donors (Lipinski definition) is 2. The summed E-state index contributed by atoms with van der Waals surface area (Å²) in [5.74, 6) is -0.331. The topological polar surface area (TPSA) is 87.7 Å². The van der Waals surface area contributed by atoms with Gasteiger partial charge in [0.25, 0.3) is 0 Å². The summed E-state index contributed by atoms with van der Waals surface area (Å²) in [4.78, 5) is 15.4. The quantitative estimate of drug-likeness (QED) is 0.584. The van der Waals surface area contributed by atoms with Gasteiger partial charge in [-0.3, -0.25) is 9.69 Å². The fourth-order valence-corrected chi connectivity index (χ4v) is 4.91. The summed E-state index contributed by atoms with van der Waals surface area (Å²) in [6.07, 6.45) is 0.267. The van der Waals surface area contributed by atoms with E-state index in [4.69, 9.17) is 4.74 Å². The van der Waals surface area contributed by atoms with Crippen LogP contribution < -0.4 is 10.0 Å². The van der Waals surface area contributed by atoms with Gasteiger partial charge in [-0.2, -0.15) is 4.72 Å². The van der Waals surface area contributed by atoms with E-state index in [0.717, 1.165) is 24.2 Å². The second kappa shape index (κ2) is 11.2. The number of benzene rings is 2. The molecule has 1 aliphatic heterocycles. The maximum atomic E-state index is 13.1. The molecular formula is C25H35N3O4S. The average molecular weight is 474 g/mol. The molecule has 8 heteroatoms. The van der Waals surface area contributed by atoms with Crippen LogP contribution in [-0.2, 0) is 31.4 Å². The molecule has 0 aliphatic carbocycles. The summed E-state index contributed by atoms with van der Waals surface area (Å²) in [6, 6.07) is 15.3. The molecule has 0 bridgehead atoms. The Labute approximate surface area is 197 Å². The van der Waals surface area contributed by atoms with E-state index < -0.39 is 16.1 Å². The lowest BCUT2D eigenvalue weighted by molar-refractivity contribution is -0.122. The van der Waals surface area contributed by atoms with Crippen LogP contribution in [0, 0.1) is 0 Å². The van der Waals surface area contributed by atoms with Gasteiger partial charge < -0.3 is 10.1 Å². The molecule has 0 saturated carbocycles. The largest absolute Gasteiger partial charge is 0.379 e. The summed E-state index contributed by atoms with van der Waals surface area (Å²) >= 11 is 0. The second-order valence-electron chi connectivity index (χ2n) is 9.38. The Hall–Kier alpha value is -2.26. The number of hydrogen-bond acceptors (Lipinski definition) is 5. The summed E-state index contributed by atoms with van der Waals surface area (Å²) in [6.45, 7) is 10.4. The van der Waals surface area contributed by atoms with Gasteiger partial charge in [0.2, 0.25) is 15.9 Å². The molecule has 0 spiro atoms. The molecule has 1 heterocycles. The highest BCUT2D eigenvalue weighted by Crippen LogP contribution is 2.23. The van der Waals surface area contributed by atoms with Gasteiger partial charge in [-0.15, -0.1) is 0 Å². The van der Waals surface area contributed by atoms with Gasteiger partial charge in [0, 0.05) is 26.2 Å². The van der Waals surface area contributed by atoms with Crippen molar-refractivity contribution >= 4 is 15.9 Å². The van der Waals surface area contributed by atoms with Gasteiger partial charge in [-0.05, 0) is 35.1 Å². The minimum atomic E-state index is -3.87. The van der Waals surface area contributed by atoms with Gasteiger partial charge in [0.05, 0.1) is 18.1 Å². The lowest BCUT2D eigenvalue weighted by Gasteiger charge is -2.27. The second-order valence-corrected chi connectivity index (χ2v) is 11.1. The van der Waals surface area contributed by atoms with Crippen LogP contribution in [0.4, 0.5) is 0 Å². The average Bonchev–Trinajstić information content (AvgIpc) is 2.79. The van der Waals surface area contributed by atoms with Crippen LogP contribution in [0.15, 0.2) is 59.5 Å². The monoisotopic (exact) mass is 473 g/mol. The molecule has 0 aromatic heterocycles. The highest BCUT2D eigenvalue weighted by Gasteiger charge is 2.26. The van der Waals surface area contributed by atoms with Crippen LogP contribution in [0.1, 0.15) is 31.9 Å². The van der Waals surface area contributed by atoms with Crippen LogP contribution in [-0.4, -0.2) is 64.7 Å². The van der Waals surface area contributed by atoms with E-state index in [2.05, 4.69) is 35.7 Å². The standard InChI is InChI=1S/C25H35N3O4S/c1-25(2,3)21-9-11-22(12-10-21)33(30,31)27-23(19-20-7-5-4-6-8-20)24(29)26-13-14-28-15-17-32-18-16-28/h4-12,23,27H,13-19H2,1-3H3,(H,26,29). The first kappa shape index (κ1) is 25.4. The van der Waals surface area contributed by atoms with E-state index in [1.807, 2.05) is 42.5 Å². The van der Waals surface area contributed by atoms with E-state index in [1.165, 1.54) is 0 Å². The van der Waals surface area contributed by atoms with Crippen LogP contribution >= 0.6 is 0 Å². The molecule has 7 nitrogen and oxygen atoms in total. The summed E-state index contributed by atoms with van der Waals surface area (Å²) < 4.78 is 34.2. The van der Waals surface area contributed by atoms with E-state index in [-0.39, 0.29) is 22.6 Å². The van der Waals surface area contributed by atoms with Crippen molar-refractivity contribution in [2.75, 3.05) is 39.4 Å². The highest BCUT2D eigenvalue weighted by atomic mass is 32.2. The zero-order valence-corrected chi connectivity index (χ0v) is 20.5. The fraction of sp³-hybridized carbons (Fsp3) is 0.480. The van der Waals surface area contributed by atoms with Crippen LogP contribution in [0.5, 0.6) is 0 Å². The number of rotatable bonds is 9. The normalized spacial score (nSPS) is 16.3. The molecule has 2 aromatic carbocycles. The zero-order chi connectivity index (χ0) is 23.9. The van der Waals surface area contributed by atoms with E-state index in [0.29, 0.717) is 26.3 Å². The van der Waals surface area contributed by atoms with E-state index >= 15 is 0 Å². The predicted molar refractivity (Wildman–Crippen MR) is 130 cm³/mol. The number of nitrogens with zero attached hydrogens (tertiary/aromatic N) is 1. The molecule has 180 valence electrons. The Morgan fingerprint density at radius 3 is 2.27 bits per heavy atom. The SMILES string of the molecule is CC(C)(C)c1ccc(S(=O)(=O)NC(Cc2ccccc2)C(=O)NCCN2CCOCC2)cc1. The lowest BCUT2D eigenvalue weighted by atomic mass is 9.87. The maximum Gasteiger partial charge on any atom is 0.241 e. The highest BCUT2D eigenvalue weighted by molar-refractivity contribution is 7.89. The van der Waals surface area contributed by atoms with Gasteiger partial charge in [0.15, 0.2) is 0 Å². The smallest absolute Gasteiger partial charge is 0.241 e. The van der Waals surface area contributed by atoms with Gasteiger partial charge in [-0.1, -0.05) is 63.2 Å². The van der Waals surface area contributed by atoms with Crippen molar-refractivity contribution in [2.24, 2.45) is 0 Å². The minimum absolute atomic E-state index is 0.0774. The van der Waals surface area contributed by atoms with Gasteiger partial charge >= 0.3 is 0 Å². The van der Waals surface area contributed by atoms with Crippen LogP contribution in [0.25, 0.3) is 0 Å². The molecule has 3 rings (SSSR count). The summed E-state index contributed by atoms with van der Waals surface area (Å²) in [5.41, 5.74) is 1.85. The summed E-state index contributed by atoms with van der Waals surface area (Å²) in [7, 11) is -3.87. The first-order valence-corrected chi connectivity index (χ1v) is 12.9. The number of carbonyl (C=O) groups excluding carboxylic acids is 1. The van der Waals surface area contributed by atoms with E-state index in [1.54, 1.807) is 12.1 Å². The van der Waals surface area contributed by atoms with Crippen LogP contribution in [0.3, 0.4) is 0 Å². The predicted octanol–water partition coefficient (Wildman–Crippen LogP) is 2.32. The number of morpholine rings is 1. The molecule has 0 radical (unpaired) electrons. The molecule has 1 saturated heterocycles. The third-order valence-corrected chi connectivity index (χ3v) is 7.25. The van der Waals surface area contributed by atoms with Crippen molar-refractivity contribution in [2.45, 2.75) is 43.5 Å². The molecule has 1 fully saturated rings. The molecular weight excluding hydrogens is 438 g/mol. The maximum absolute atomic E-state index is 13.1. The molecule has 1 amide bonds.